The lowest BCUT2D eigenvalue weighted by Gasteiger charge is -2.19. The molecule has 3 nitrogen and oxygen atoms in total. The fraction of sp³-hybridized carbons (Fsp3) is 0.269. The topological polar surface area (TPSA) is 27.1 Å². The zero-order chi connectivity index (χ0) is 19.9. The van der Waals surface area contributed by atoms with Crippen molar-refractivity contribution in [1.29, 1.82) is 0 Å². The highest BCUT2D eigenvalue weighted by molar-refractivity contribution is 5.84. The van der Waals surface area contributed by atoms with Crippen molar-refractivity contribution >= 4 is 10.9 Å². The second-order valence-electron chi connectivity index (χ2n) is 7.41. The van der Waals surface area contributed by atoms with Gasteiger partial charge in [0.15, 0.2) is 0 Å². The van der Waals surface area contributed by atoms with Gasteiger partial charge in [-0.3, -0.25) is 0 Å². The molecule has 0 atom stereocenters. The van der Waals surface area contributed by atoms with Crippen LogP contribution in [0.4, 0.5) is 0 Å². The van der Waals surface area contributed by atoms with E-state index in [0.29, 0.717) is 5.92 Å². The van der Waals surface area contributed by atoms with Gasteiger partial charge in [0.25, 0.3) is 0 Å². The number of aromatic nitrogens is 2. The Labute approximate surface area is 173 Å². The quantitative estimate of drug-likeness (QED) is 0.311. The second-order valence-corrected chi connectivity index (χ2v) is 7.41. The van der Waals surface area contributed by atoms with Gasteiger partial charge < -0.3 is 4.74 Å². The van der Waals surface area contributed by atoms with Gasteiger partial charge >= 0.3 is 0 Å². The first-order valence-corrected chi connectivity index (χ1v) is 10.5. The van der Waals surface area contributed by atoms with Gasteiger partial charge in [-0.15, -0.1) is 0 Å². The van der Waals surface area contributed by atoms with Crippen molar-refractivity contribution in [3.8, 4) is 5.88 Å². The van der Waals surface area contributed by atoms with Crippen LogP contribution in [0, 0.1) is 0 Å². The molecule has 1 heterocycles. The minimum atomic E-state index is 0.327. The fourth-order valence-corrected chi connectivity index (χ4v) is 3.82. The smallest absolute Gasteiger partial charge is 0.219 e. The lowest BCUT2D eigenvalue weighted by molar-refractivity contribution is 0.278. The molecular weight excluding hydrogens is 356 g/mol. The van der Waals surface area contributed by atoms with Gasteiger partial charge in [0.1, 0.15) is 0 Å². The Bertz CT molecular complexity index is 985. The number of benzene rings is 3. The van der Waals surface area contributed by atoms with E-state index < -0.39 is 0 Å². The second kappa shape index (κ2) is 9.42. The van der Waals surface area contributed by atoms with Gasteiger partial charge in [-0.2, -0.15) is 5.10 Å². The van der Waals surface area contributed by atoms with Gasteiger partial charge in [-0.25, -0.2) is 4.68 Å². The number of unbranched alkanes of at least 4 members (excludes halogenated alkanes) is 1. The molecule has 0 radical (unpaired) electrons. The number of hydrogen-bond acceptors (Lipinski definition) is 2. The van der Waals surface area contributed by atoms with E-state index >= 15 is 0 Å². The molecule has 0 aliphatic heterocycles. The molecule has 0 unspecified atom stereocenters. The number of rotatable bonds is 9. The van der Waals surface area contributed by atoms with Crippen LogP contribution in [0.5, 0.6) is 5.88 Å². The third-order valence-corrected chi connectivity index (χ3v) is 5.37. The molecule has 3 heteroatoms. The van der Waals surface area contributed by atoms with E-state index in [0.717, 1.165) is 49.2 Å². The molecule has 0 N–H and O–H groups in total. The van der Waals surface area contributed by atoms with Crippen LogP contribution in [0.3, 0.4) is 0 Å². The molecule has 0 spiro atoms. The number of aryl methyl sites for hydroxylation is 1. The van der Waals surface area contributed by atoms with Gasteiger partial charge in [-0.05, 0) is 36.1 Å². The minimum Gasteiger partial charge on any atom is -0.477 e. The fourth-order valence-electron chi connectivity index (χ4n) is 3.82. The third-order valence-electron chi connectivity index (χ3n) is 5.37. The lowest BCUT2D eigenvalue weighted by Crippen LogP contribution is -2.10. The third kappa shape index (κ3) is 4.51. The molecule has 0 fully saturated rings. The first-order valence-electron chi connectivity index (χ1n) is 10.5. The Balaban J connectivity index is 1.62. The van der Waals surface area contributed by atoms with Gasteiger partial charge in [0, 0.05) is 12.5 Å². The van der Waals surface area contributed by atoms with Gasteiger partial charge in [0.05, 0.1) is 17.5 Å². The molecule has 1 aromatic heterocycles. The predicted octanol–water partition coefficient (Wildman–Crippen LogP) is 6.44. The summed E-state index contributed by atoms with van der Waals surface area (Å²) >= 11 is 0. The van der Waals surface area contributed by atoms with Crippen LogP contribution in [0.15, 0.2) is 84.9 Å². The summed E-state index contributed by atoms with van der Waals surface area (Å²) in [7, 11) is 0. The van der Waals surface area contributed by atoms with E-state index in [1.54, 1.807) is 0 Å². The average molecular weight is 385 g/mol. The highest BCUT2D eigenvalue weighted by atomic mass is 16.5. The SMILES string of the molecule is CCCCOc1c2ccccc2nn1CCC(c1ccccc1)c1ccccc1. The Morgan fingerprint density at radius 3 is 2.10 bits per heavy atom. The molecule has 0 amide bonds. The monoisotopic (exact) mass is 384 g/mol. The van der Waals surface area contributed by atoms with Crippen LogP contribution < -0.4 is 4.74 Å². The van der Waals surface area contributed by atoms with E-state index in [2.05, 4.69) is 90.5 Å². The summed E-state index contributed by atoms with van der Waals surface area (Å²) in [6.45, 7) is 3.72. The van der Waals surface area contributed by atoms with Crippen molar-refractivity contribution in [2.24, 2.45) is 0 Å². The summed E-state index contributed by atoms with van der Waals surface area (Å²) in [6.07, 6.45) is 3.14. The van der Waals surface area contributed by atoms with E-state index in [9.17, 15) is 0 Å². The zero-order valence-corrected chi connectivity index (χ0v) is 17.0. The molecule has 0 aliphatic rings. The van der Waals surface area contributed by atoms with Crippen molar-refractivity contribution < 1.29 is 4.74 Å². The highest BCUT2D eigenvalue weighted by Crippen LogP contribution is 2.31. The Kier molecular flexibility index (Phi) is 6.25. The molecule has 0 saturated heterocycles. The number of ether oxygens (including phenoxy) is 1. The predicted molar refractivity (Wildman–Crippen MR) is 119 cm³/mol. The highest BCUT2D eigenvalue weighted by Gasteiger charge is 2.17. The molecule has 29 heavy (non-hydrogen) atoms. The van der Waals surface area contributed by atoms with Crippen molar-refractivity contribution in [1.82, 2.24) is 9.78 Å². The first kappa shape index (κ1) is 19.3. The average Bonchev–Trinajstić information content (AvgIpc) is 3.13. The molecule has 4 aromatic rings. The molecule has 0 bridgehead atoms. The van der Waals surface area contributed by atoms with Crippen LogP contribution in [0.25, 0.3) is 10.9 Å². The summed E-state index contributed by atoms with van der Waals surface area (Å²) < 4.78 is 8.23. The van der Waals surface area contributed by atoms with Crippen LogP contribution in [-0.2, 0) is 6.54 Å². The molecule has 4 rings (SSSR count). The largest absolute Gasteiger partial charge is 0.477 e. The van der Waals surface area contributed by atoms with E-state index in [-0.39, 0.29) is 0 Å². The first-order chi connectivity index (χ1) is 14.4. The van der Waals surface area contributed by atoms with Crippen molar-refractivity contribution in [2.75, 3.05) is 6.61 Å². The summed E-state index contributed by atoms with van der Waals surface area (Å²) in [4.78, 5) is 0. The Morgan fingerprint density at radius 1 is 0.828 bits per heavy atom. The van der Waals surface area contributed by atoms with Gasteiger partial charge in [-0.1, -0.05) is 86.1 Å². The maximum Gasteiger partial charge on any atom is 0.219 e. The summed E-state index contributed by atoms with van der Waals surface area (Å²) in [5, 5.41) is 5.94. The van der Waals surface area contributed by atoms with Gasteiger partial charge in [0.2, 0.25) is 5.88 Å². The maximum atomic E-state index is 6.18. The summed E-state index contributed by atoms with van der Waals surface area (Å²) in [5.74, 6) is 1.22. The Morgan fingerprint density at radius 2 is 1.45 bits per heavy atom. The standard InChI is InChI=1S/C26H28N2O/c1-2-3-20-29-26-24-16-10-11-17-25(24)27-28(26)19-18-23(21-12-6-4-7-13-21)22-14-8-5-9-15-22/h4-17,23H,2-3,18-20H2,1H3. The number of fused-ring (bicyclic) bond motifs is 1. The number of nitrogens with zero attached hydrogens (tertiary/aromatic N) is 2. The minimum absolute atomic E-state index is 0.327. The van der Waals surface area contributed by atoms with E-state index in [1.807, 2.05) is 6.07 Å². The van der Waals surface area contributed by atoms with Crippen LogP contribution in [-0.4, -0.2) is 16.4 Å². The normalized spacial score (nSPS) is 11.2. The van der Waals surface area contributed by atoms with Crippen molar-refractivity contribution in [3.05, 3.63) is 96.1 Å². The van der Waals surface area contributed by atoms with Crippen LogP contribution in [0.2, 0.25) is 0 Å². The molecule has 0 aliphatic carbocycles. The van der Waals surface area contributed by atoms with E-state index in [4.69, 9.17) is 9.84 Å². The molecule has 0 saturated carbocycles. The van der Waals surface area contributed by atoms with E-state index in [1.165, 1.54) is 11.1 Å². The Hall–Kier alpha value is -3.07. The molecular formula is C26H28N2O. The van der Waals surface area contributed by atoms with Crippen LogP contribution in [0.1, 0.15) is 43.2 Å². The summed E-state index contributed by atoms with van der Waals surface area (Å²) in [5.41, 5.74) is 3.67. The number of hydrogen-bond donors (Lipinski definition) is 0. The molecule has 3 aromatic carbocycles. The zero-order valence-electron chi connectivity index (χ0n) is 17.0. The van der Waals surface area contributed by atoms with Crippen LogP contribution >= 0.6 is 0 Å². The van der Waals surface area contributed by atoms with Crippen molar-refractivity contribution in [3.63, 3.8) is 0 Å². The van der Waals surface area contributed by atoms with Crippen molar-refractivity contribution in [2.45, 2.75) is 38.6 Å². The lowest BCUT2D eigenvalue weighted by atomic mass is 9.88. The molecule has 148 valence electrons. The summed E-state index contributed by atoms with van der Waals surface area (Å²) in [6, 6.07) is 29.7. The maximum absolute atomic E-state index is 6.18.